The number of rotatable bonds is 2. The molecule has 98 valence electrons. The number of ether oxygens (including phenoxy) is 1. The van der Waals surface area contributed by atoms with Gasteiger partial charge in [0.25, 0.3) is 0 Å². The van der Waals surface area contributed by atoms with Gasteiger partial charge in [-0.25, -0.2) is 4.79 Å². The number of hydrogen-bond acceptors (Lipinski definition) is 3. The van der Waals surface area contributed by atoms with Gasteiger partial charge in [-0.3, -0.25) is 4.79 Å². The predicted molar refractivity (Wildman–Crippen MR) is 64.6 cm³/mol. The first-order chi connectivity index (χ1) is 8.10. The minimum atomic E-state index is -0.290. The molecule has 17 heavy (non-hydrogen) atoms. The Kier molecular flexibility index (Phi) is 5.25. The van der Waals surface area contributed by atoms with Crippen LogP contribution in [0.3, 0.4) is 0 Å². The summed E-state index contributed by atoms with van der Waals surface area (Å²) in [5.74, 6) is 0.244. The first-order valence-electron chi connectivity index (χ1n) is 6.18. The summed E-state index contributed by atoms with van der Waals surface area (Å²) in [6, 6.07) is 0. The van der Waals surface area contributed by atoms with Gasteiger partial charge in [0.15, 0.2) is 0 Å². The number of nitrogens with zero attached hydrogens (tertiary/aromatic N) is 2. The fraction of sp³-hybridized carbons (Fsp3) is 0.833. The monoisotopic (exact) mass is 242 g/mol. The van der Waals surface area contributed by atoms with Gasteiger partial charge in [-0.15, -0.1) is 0 Å². The average molecular weight is 242 g/mol. The van der Waals surface area contributed by atoms with Crippen molar-refractivity contribution in [1.29, 1.82) is 0 Å². The van der Waals surface area contributed by atoms with Gasteiger partial charge in [-0.2, -0.15) is 0 Å². The van der Waals surface area contributed by atoms with Gasteiger partial charge in [-0.1, -0.05) is 0 Å². The molecule has 0 radical (unpaired) electrons. The van der Waals surface area contributed by atoms with Gasteiger partial charge >= 0.3 is 6.09 Å². The van der Waals surface area contributed by atoms with Crippen LogP contribution in [0.25, 0.3) is 0 Å². The molecule has 5 heteroatoms. The van der Waals surface area contributed by atoms with Gasteiger partial charge in [0, 0.05) is 32.6 Å². The normalized spacial score (nSPS) is 20.6. The number of amides is 2. The molecule has 0 aromatic carbocycles. The molecule has 0 N–H and O–H groups in total. The van der Waals surface area contributed by atoms with Crippen LogP contribution in [0.5, 0.6) is 0 Å². The molecule has 1 aliphatic heterocycles. The Bertz CT molecular complexity index is 281. The van der Waals surface area contributed by atoms with Crippen molar-refractivity contribution >= 4 is 12.0 Å². The van der Waals surface area contributed by atoms with E-state index in [0.717, 1.165) is 25.8 Å². The fourth-order valence-electron chi connectivity index (χ4n) is 2.12. The Morgan fingerprint density at radius 1 is 1.35 bits per heavy atom. The van der Waals surface area contributed by atoms with Crippen molar-refractivity contribution in [1.82, 2.24) is 9.80 Å². The van der Waals surface area contributed by atoms with Crippen LogP contribution in [0, 0.1) is 5.92 Å². The second-order valence-electron chi connectivity index (χ2n) is 4.44. The van der Waals surface area contributed by atoms with Crippen LogP contribution in [0.2, 0.25) is 0 Å². The van der Waals surface area contributed by atoms with Gasteiger partial charge in [0.05, 0.1) is 7.11 Å². The molecular weight excluding hydrogens is 220 g/mol. The van der Waals surface area contributed by atoms with Crippen LogP contribution in [0.1, 0.15) is 26.2 Å². The van der Waals surface area contributed by atoms with Crippen molar-refractivity contribution in [2.24, 2.45) is 5.92 Å². The molecule has 0 saturated carbocycles. The Labute approximate surface area is 103 Å². The molecule has 0 bridgehead atoms. The Hall–Kier alpha value is -1.26. The largest absolute Gasteiger partial charge is 0.453 e. The van der Waals surface area contributed by atoms with Crippen molar-refractivity contribution < 1.29 is 14.3 Å². The van der Waals surface area contributed by atoms with E-state index in [0.29, 0.717) is 13.1 Å². The summed E-state index contributed by atoms with van der Waals surface area (Å²) >= 11 is 0. The van der Waals surface area contributed by atoms with Crippen LogP contribution >= 0.6 is 0 Å². The summed E-state index contributed by atoms with van der Waals surface area (Å²) in [6.45, 7) is 4.00. The highest BCUT2D eigenvalue weighted by atomic mass is 16.5. The summed E-state index contributed by atoms with van der Waals surface area (Å²) in [5, 5.41) is 0. The maximum Gasteiger partial charge on any atom is 0.409 e. The Morgan fingerprint density at radius 2 is 2.06 bits per heavy atom. The highest BCUT2D eigenvalue weighted by molar-refractivity contribution is 5.78. The lowest BCUT2D eigenvalue weighted by Gasteiger charge is -2.21. The van der Waals surface area contributed by atoms with Gasteiger partial charge in [0.1, 0.15) is 0 Å². The molecule has 0 aromatic heterocycles. The molecule has 1 saturated heterocycles. The van der Waals surface area contributed by atoms with Crippen molar-refractivity contribution in [3.63, 3.8) is 0 Å². The second kappa shape index (κ2) is 6.47. The zero-order valence-electron chi connectivity index (χ0n) is 10.9. The Balaban J connectivity index is 2.53. The van der Waals surface area contributed by atoms with Crippen LogP contribution in [-0.4, -0.2) is 55.6 Å². The zero-order chi connectivity index (χ0) is 12.8. The molecule has 1 aliphatic rings. The molecular formula is C12H22N2O3. The molecule has 0 aliphatic carbocycles. The quantitative estimate of drug-likeness (QED) is 0.734. The van der Waals surface area contributed by atoms with Crippen molar-refractivity contribution in [2.75, 3.05) is 33.8 Å². The molecule has 0 aromatic rings. The first-order valence-corrected chi connectivity index (χ1v) is 6.18. The molecule has 1 fully saturated rings. The summed E-state index contributed by atoms with van der Waals surface area (Å²) in [7, 11) is 3.21. The van der Waals surface area contributed by atoms with E-state index < -0.39 is 0 Å². The van der Waals surface area contributed by atoms with E-state index in [1.54, 1.807) is 9.80 Å². The Morgan fingerprint density at radius 3 is 2.65 bits per heavy atom. The highest BCUT2D eigenvalue weighted by Gasteiger charge is 2.26. The van der Waals surface area contributed by atoms with Crippen molar-refractivity contribution in [2.45, 2.75) is 26.2 Å². The van der Waals surface area contributed by atoms with E-state index in [9.17, 15) is 9.59 Å². The topological polar surface area (TPSA) is 49.9 Å². The lowest BCUT2D eigenvalue weighted by Crippen LogP contribution is -2.34. The van der Waals surface area contributed by atoms with Gasteiger partial charge in [0.2, 0.25) is 5.91 Å². The number of hydrogen-bond donors (Lipinski definition) is 0. The lowest BCUT2D eigenvalue weighted by atomic mass is 9.99. The third kappa shape index (κ3) is 3.61. The summed E-state index contributed by atoms with van der Waals surface area (Å²) in [4.78, 5) is 26.8. The van der Waals surface area contributed by atoms with Crippen LogP contribution in [0.15, 0.2) is 0 Å². The van der Waals surface area contributed by atoms with E-state index in [1.807, 2.05) is 14.0 Å². The molecule has 1 unspecified atom stereocenters. The summed E-state index contributed by atoms with van der Waals surface area (Å²) in [6.07, 6.45) is 2.17. The van der Waals surface area contributed by atoms with E-state index in [2.05, 4.69) is 0 Å². The third-order valence-corrected chi connectivity index (χ3v) is 3.36. The zero-order valence-corrected chi connectivity index (χ0v) is 10.9. The number of methoxy groups -OCH3 is 1. The van der Waals surface area contributed by atoms with Crippen molar-refractivity contribution in [3.8, 4) is 0 Å². The third-order valence-electron chi connectivity index (χ3n) is 3.36. The molecule has 0 spiro atoms. The van der Waals surface area contributed by atoms with Gasteiger partial charge < -0.3 is 14.5 Å². The minimum absolute atomic E-state index is 0.0506. The van der Waals surface area contributed by atoms with Gasteiger partial charge in [-0.05, 0) is 26.2 Å². The molecule has 1 rings (SSSR count). The maximum atomic E-state index is 12.0. The molecule has 1 heterocycles. The molecule has 1 atom stereocenters. The van der Waals surface area contributed by atoms with E-state index >= 15 is 0 Å². The standard InChI is InChI=1S/C12H22N2O3/c1-4-13(2)11(15)10-6-5-8-14(9-7-10)12(16)17-3/h10H,4-9H2,1-3H3. The summed E-state index contributed by atoms with van der Waals surface area (Å²) in [5.41, 5.74) is 0. The lowest BCUT2D eigenvalue weighted by molar-refractivity contribution is -0.134. The smallest absolute Gasteiger partial charge is 0.409 e. The first kappa shape index (κ1) is 13.8. The highest BCUT2D eigenvalue weighted by Crippen LogP contribution is 2.19. The summed E-state index contributed by atoms with van der Waals surface area (Å²) < 4.78 is 4.70. The number of carbonyl (C=O) groups excluding carboxylic acids is 2. The molecule has 2 amide bonds. The second-order valence-corrected chi connectivity index (χ2v) is 4.44. The fourth-order valence-corrected chi connectivity index (χ4v) is 2.12. The average Bonchev–Trinajstić information content (AvgIpc) is 2.61. The molecule has 5 nitrogen and oxygen atoms in total. The van der Waals surface area contributed by atoms with E-state index in [1.165, 1.54) is 7.11 Å². The maximum absolute atomic E-state index is 12.0. The minimum Gasteiger partial charge on any atom is -0.453 e. The predicted octanol–water partition coefficient (Wildman–Crippen LogP) is 1.33. The SMILES string of the molecule is CCN(C)C(=O)C1CCCN(C(=O)OC)CC1. The van der Waals surface area contributed by atoms with Crippen molar-refractivity contribution in [3.05, 3.63) is 0 Å². The van der Waals surface area contributed by atoms with Crippen LogP contribution in [-0.2, 0) is 9.53 Å². The van der Waals surface area contributed by atoms with Crippen LogP contribution < -0.4 is 0 Å². The number of likely N-dealkylation sites (tertiary alicyclic amines) is 1. The van der Waals surface area contributed by atoms with Crippen LogP contribution in [0.4, 0.5) is 4.79 Å². The number of carbonyl (C=O) groups is 2. The van der Waals surface area contributed by atoms with E-state index in [4.69, 9.17) is 4.74 Å². The van der Waals surface area contributed by atoms with E-state index in [-0.39, 0.29) is 17.9 Å².